The van der Waals surface area contributed by atoms with E-state index in [0.29, 0.717) is 10.7 Å². The molecule has 74 valence electrons. The quantitative estimate of drug-likeness (QED) is 0.748. The average molecular weight is 211 g/mol. The van der Waals surface area contributed by atoms with Crippen molar-refractivity contribution in [1.82, 2.24) is 0 Å². The predicted molar refractivity (Wildman–Crippen MR) is 58.7 cm³/mol. The number of hydrogen-bond acceptors (Lipinski definition) is 2. The summed E-state index contributed by atoms with van der Waals surface area (Å²) < 4.78 is 0. The molecule has 0 atom stereocenters. The first-order valence-corrected chi connectivity index (χ1v) is 4.47. The molecule has 4 N–H and O–H groups in total. The van der Waals surface area contributed by atoms with E-state index >= 15 is 0 Å². The number of nitrogens with two attached hydrogens (primary N) is 2. The summed E-state index contributed by atoms with van der Waals surface area (Å²) in [7, 11) is 0. The molecule has 0 aliphatic carbocycles. The van der Waals surface area contributed by atoms with Crippen LogP contribution in [0.5, 0.6) is 0 Å². The summed E-state index contributed by atoms with van der Waals surface area (Å²) in [6.45, 7) is 0. The normalized spacial score (nSPS) is 10.6. The minimum absolute atomic E-state index is 0.209. The summed E-state index contributed by atoms with van der Waals surface area (Å²) >= 11 is 5.90. The second kappa shape index (κ2) is 4.67. The van der Waals surface area contributed by atoms with Crippen LogP contribution in [0.15, 0.2) is 24.3 Å². The number of anilines is 1. The molecule has 1 rings (SSSR count). The standard InChI is InChI=1S/C10H11ClN2O/c11-9-6-8(12)5-4-7(9)2-1-3-10(13)14/h1-2,4-6H,3,12H2,(H2,13,14). The molecule has 1 aromatic rings. The van der Waals surface area contributed by atoms with Crippen molar-refractivity contribution in [2.24, 2.45) is 5.73 Å². The van der Waals surface area contributed by atoms with Crippen molar-refractivity contribution in [1.29, 1.82) is 0 Å². The molecule has 0 aromatic heterocycles. The van der Waals surface area contributed by atoms with E-state index in [2.05, 4.69) is 0 Å². The molecule has 0 radical (unpaired) electrons. The molecule has 0 heterocycles. The van der Waals surface area contributed by atoms with Crippen LogP contribution >= 0.6 is 11.6 Å². The number of rotatable bonds is 3. The van der Waals surface area contributed by atoms with Gasteiger partial charge in [-0.3, -0.25) is 4.79 Å². The van der Waals surface area contributed by atoms with Gasteiger partial charge in [0.25, 0.3) is 0 Å². The Labute approximate surface area is 87.3 Å². The van der Waals surface area contributed by atoms with Gasteiger partial charge in [0.2, 0.25) is 5.91 Å². The number of nitrogen functional groups attached to an aromatic ring is 1. The Bertz CT molecular complexity index is 374. The number of benzene rings is 1. The van der Waals surface area contributed by atoms with Crippen LogP contribution in [0.3, 0.4) is 0 Å². The van der Waals surface area contributed by atoms with E-state index in [1.807, 2.05) is 0 Å². The lowest BCUT2D eigenvalue weighted by Crippen LogP contribution is -2.07. The first-order chi connectivity index (χ1) is 6.59. The van der Waals surface area contributed by atoms with Gasteiger partial charge in [-0.25, -0.2) is 0 Å². The second-order valence-electron chi connectivity index (χ2n) is 2.85. The lowest BCUT2D eigenvalue weighted by molar-refractivity contribution is -0.117. The minimum atomic E-state index is -0.368. The molecule has 0 bridgehead atoms. The van der Waals surface area contributed by atoms with Crippen molar-refractivity contribution in [3.8, 4) is 0 Å². The molecular formula is C10H11ClN2O. The van der Waals surface area contributed by atoms with Gasteiger partial charge >= 0.3 is 0 Å². The van der Waals surface area contributed by atoms with Gasteiger partial charge in [0, 0.05) is 17.1 Å². The fourth-order valence-corrected chi connectivity index (χ4v) is 1.23. The Kier molecular flexibility index (Phi) is 3.54. The van der Waals surface area contributed by atoms with E-state index in [9.17, 15) is 4.79 Å². The van der Waals surface area contributed by atoms with Crippen LogP contribution in [-0.2, 0) is 4.79 Å². The van der Waals surface area contributed by atoms with Gasteiger partial charge in [0.05, 0.1) is 0 Å². The Morgan fingerprint density at radius 1 is 1.50 bits per heavy atom. The molecule has 1 amide bonds. The molecule has 3 nitrogen and oxygen atoms in total. The summed E-state index contributed by atoms with van der Waals surface area (Å²) in [5, 5.41) is 0.561. The molecular weight excluding hydrogens is 200 g/mol. The van der Waals surface area contributed by atoms with E-state index in [-0.39, 0.29) is 12.3 Å². The highest BCUT2D eigenvalue weighted by Gasteiger charge is 1.96. The number of carbonyl (C=O) groups excluding carboxylic acids is 1. The first-order valence-electron chi connectivity index (χ1n) is 4.09. The zero-order valence-electron chi connectivity index (χ0n) is 7.53. The van der Waals surface area contributed by atoms with Crippen LogP contribution in [0, 0.1) is 0 Å². The maximum Gasteiger partial charge on any atom is 0.221 e. The van der Waals surface area contributed by atoms with Crippen LogP contribution in [0.4, 0.5) is 5.69 Å². The molecule has 0 aliphatic heterocycles. The summed E-state index contributed by atoms with van der Waals surface area (Å²) in [6.07, 6.45) is 3.62. The topological polar surface area (TPSA) is 69.1 Å². The van der Waals surface area contributed by atoms with Crippen LogP contribution in [-0.4, -0.2) is 5.91 Å². The Balaban J connectivity index is 2.76. The predicted octanol–water partition coefficient (Wildman–Crippen LogP) is 1.81. The highest BCUT2D eigenvalue weighted by molar-refractivity contribution is 6.32. The van der Waals surface area contributed by atoms with Gasteiger partial charge in [0.15, 0.2) is 0 Å². The molecule has 0 aliphatic rings. The number of primary amides is 1. The molecule has 0 spiro atoms. The van der Waals surface area contributed by atoms with E-state index < -0.39 is 0 Å². The Morgan fingerprint density at radius 3 is 2.79 bits per heavy atom. The van der Waals surface area contributed by atoms with E-state index in [4.69, 9.17) is 23.1 Å². The fourth-order valence-electron chi connectivity index (χ4n) is 0.981. The smallest absolute Gasteiger partial charge is 0.221 e. The second-order valence-corrected chi connectivity index (χ2v) is 3.26. The highest BCUT2D eigenvalue weighted by atomic mass is 35.5. The minimum Gasteiger partial charge on any atom is -0.399 e. The first kappa shape index (κ1) is 10.6. The number of carbonyl (C=O) groups is 1. The maximum atomic E-state index is 10.4. The maximum absolute atomic E-state index is 10.4. The molecule has 0 fully saturated rings. The van der Waals surface area contributed by atoms with E-state index in [1.54, 1.807) is 30.4 Å². The highest BCUT2D eigenvalue weighted by Crippen LogP contribution is 2.20. The van der Waals surface area contributed by atoms with Crippen LogP contribution in [0.2, 0.25) is 5.02 Å². The van der Waals surface area contributed by atoms with Crippen molar-refractivity contribution >= 4 is 29.3 Å². The van der Waals surface area contributed by atoms with Crippen LogP contribution in [0.25, 0.3) is 6.08 Å². The zero-order valence-corrected chi connectivity index (χ0v) is 8.29. The molecule has 0 unspecified atom stereocenters. The van der Waals surface area contributed by atoms with E-state index in [1.165, 1.54) is 0 Å². The average Bonchev–Trinajstić information content (AvgIpc) is 2.08. The van der Waals surface area contributed by atoms with Gasteiger partial charge < -0.3 is 11.5 Å². The molecule has 4 heteroatoms. The van der Waals surface area contributed by atoms with Gasteiger partial charge in [-0.05, 0) is 17.7 Å². The van der Waals surface area contributed by atoms with Crippen molar-refractivity contribution in [2.75, 3.05) is 5.73 Å². The van der Waals surface area contributed by atoms with Crippen molar-refractivity contribution in [2.45, 2.75) is 6.42 Å². The number of amides is 1. The van der Waals surface area contributed by atoms with Crippen molar-refractivity contribution in [3.05, 3.63) is 34.9 Å². The van der Waals surface area contributed by atoms with Crippen LogP contribution < -0.4 is 11.5 Å². The van der Waals surface area contributed by atoms with Crippen molar-refractivity contribution < 1.29 is 4.79 Å². The van der Waals surface area contributed by atoms with Gasteiger partial charge in [-0.1, -0.05) is 29.8 Å². The third-order valence-electron chi connectivity index (χ3n) is 1.64. The third-order valence-corrected chi connectivity index (χ3v) is 1.97. The lowest BCUT2D eigenvalue weighted by atomic mass is 10.2. The summed E-state index contributed by atoms with van der Waals surface area (Å²) in [5.74, 6) is -0.368. The fraction of sp³-hybridized carbons (Fsp3) is 0.100. The molecule has 14 heavy (non-hydrogen) atoms. The zero-order chi connectivity index (χ0) is 10.6. The number of hydrogen-bond donors (Lipinski definition) is 2. The lowest BCUT2D eigenvalue weighted by Gasteiger charge is -1.98. The number of halogens is 1. The molecule has 1 aromatic carbocycles. The van der Waals surface area contributed by atoms with Gasteiger partial charge in [-0.15, -0.1) is 0 Å². The molecule has 0 saturated heterocycles. The van der Waals surface area contributed by atoms with Crippen LogP contribution in [0.1, 0.15) is 12.0 Å². The third kappa shape index (κ3) is 3.11. The summed E-state index contributed by atoms with van der Waals surface area (Å²) in [6, 6.07) is 5.19. The Hall–Kier alpha value is -1.48. The largest absolute Gasteiger partial charge is 0.399 e. The summed E-state index contributed by atoms with van der Waals surface area (Å²) in [5.41, 5.74) is 11.9. The Morgan fingerprint density at radius 2 is 2.21 bits per heavy atom. The van der Waals surface area contributed by atoms with Gasteiger partial charge in [0.1, 0.15) is 0 Å². The SMILES string of the molecule is NC(=O)CC=Cc1ccc(N)cc1Cl. The van der Waals surface area contributed by atoms with Gasteiger partial charge in [-0.2, -0.15) is 0 Å². The molecule has 0 saturated carbocycles. The van der Waals surface area contributed by atoms with Crippen molar-refractivity contribution in [3.63, 3.8) is 0 Å². The van der Waals surface area contributed by atoms with E-state index in [0.717, 1.165) is 5.56 Å². The summed E-state index contributed by atoms with van der Waals surface area (Å²) in [4.78, 5) is 10.4. The monoisotopic (exact) mass is 210 g/mol.